The van der Waals surface area contributed by atoms with E-state index in [9.17, 15) is 0 Å². The van der Waals surface area contributed by atoms with Crippen molar-refractivity contribution in [3.05, 3.63) is 163 Å². The summed E-state index contributed by atoms with van der Waals surface area (Å²) in [5.74, 6) is 1.75. The summed E-state index contributed by atoms with van der Waals surface area (Å²) in [7, 11) is 0. The van der Waals surface area contributed by atoms with Crippen LogP contribution in [-0.4, -0.2) is 0 Å². The minimum atomic E-state index is -0.0982. The van der Waals surface area contributed by atoms with Gasteiger partial charge in [0.15, 0.2) is 11.5 Å². The number of benzene rings is 8. The molecule has 0 spiro atoms. The largest absolute Gasteiger partial charge is 0.453 e. The normalized spacial score (nSPS) is 14.0. The first-order valence-corrected chi connectivity index (χ1v) is 16.4. The molecule has 0 N–H and O–H groups in total. The average Bonchev–Trinajstić information content (AvgIpc) is 3.35. The minimum Gasteiger partial charge on any atom is -0.453 e. The van der Waals surface area contributed by atoms with Gasteiger partial charge in [0.05, 0.1) is 11.4 Å². The molecule has 2 aliphatic rings. The quantitative estimate of drug-likeness (QED) is 0.183. The van der Waals surface area contributed by atoms with E-state index in [0.717, 1.165) is 28.6 Å². The molecule has 8 aromatic rings. The predicted octanol–water partition coefficient (Wildman–Crippen LogP) is 12.7. The van der Waals surface area contributed by atoms with Crippen molar-refractivity contribution in [2.75, 3.05) is 4.90 Å². The molecule has 0 radical (unpaired) electrons. The third kappa shape index (κ3) is 3.73. The molecule has 0 bridgehead atoms. The SMILES string of the molecule is CC1(C)c2ccccc2-c2cc3c(cc21)N(c1ccc(-c2ccc4c5ccccc5c5ccccc5c4c2)cc1)c1ccccc1O3. The highest BCUT2D eigenvalue weighted by atomic mass is 16.5. The Kier molecular flexibility index (Phi) is 5.37. The minimum absolute atomic E-state index is 0.0982. The molecule has 47 heavy (non-hydrogen) atoms. The third-order valence-electron chi connectivity index (χ3n) is 10.4. The standard InChI is InChI=1S/C45H31NO/c1-45(2)39-16-8-7-15-36(39)38-26-44-42(27-40(38)45)46(41-17-9-10-18-43(41)47-44)30-22-19-28(20-23-30)29-21-24-35-33-13-4-3-11-31(33)32-12-5-6-14-34(32)37(35)25-29/h3-27H,1-2H3. The molecule has 2 heteroatoms. The molecule has 8 aromatic carbocycles. The van der Waals surface area contributed by atoms with Crippen LogP contribution in [0.1, 0.15) is 25.0 Å². The number of hydrogen-bond acceptors (Lipinski definition) is 2. The van der Waals surface area contributed by atoms with Crippen LogP contribution in [0, 0.1) is 0 Å². The lowest BCUT2D eigenvalue weighted by molar-refractivity contribution is 0.476. The molecule has 0 aromatic heterocycles. The Morgan fingerprint density at radius 1 is 0.426 bits per heavy atom. The van der Waals surface area contributed by atoms with Gasteiger partial charge in [-0.2, -0.15) is 0 Å². The van der Waals surface area contributed by atoms with Crippen LogP contribution in [0.4, 0.5) is 17.1 Å². The number of nitrogens with zero attached hydrogens (tertiary/aromatic N) is 1. The van der Waals surface area contributed by atoms with Gasteiger partial charge in [0, 0.05) is 11.1 Å². The van der Waals surface area contributed by atoms with Crippen molar-refractivity contribution in [2.45, 2.75) is 19.3 Å². The van der Waals surface area contributed by atoms with Gasteiger partial charge < -0.3 is 9.64 Å². The summed E-state index contributed by atoms with van der Waals surface area (Å²) in [6, 6.07) is 55.2. The second kappa shape index (κ2) is 9.57. The predicted molar refractivity (Wildman–Crippen MR) is 197 cm³/mol. The molecule has 1 aliphatic heterocycles. The van der Waals surface area contributed by atoms with Gasteiger partial charge in [-0.05, 0) is 108 Å². The zero-order valence-electron chi connectivity index (χ0n) is 26.3. The molecule has 0 amide bonds. The fourth-order valence-corrected chi connectivity index (χ4v) is 8.12. The van der Waals surface area contributed by atoms with Crippen molar-refractivity contribution in [2.24, 2.45) is 0 Å². The van der Waals surface area contributed by atoms with E-state index < -0.39 is 0 Å². The van der Waals surface area contributed by atoms with Crippen LogP contribution < -0.4 is 9.64 Å². The van der Waals surface area contributed by atoms with E-state index in [4.69, 9.17) is 4.74 Å². The average molecular weight is 602 g/mol. The fraction of sp³-hybridized carbons (Fsp3) is 0.0667. The van der Waals surface area contributed by atoms with Crippen LogP contribution in [0.15, 0.2) is 152 Å². The van der Waals surface area contributed by atoms with Crippen molar-refractivity contribution in [1.82, 2.24) is 0 Å². The first-order valence-electron chi connectivity index (χ1n) is 16.4. The zero-order chi connectivity index (χ0) is 31.3. The van der Waals surface area contributed by atoms with E-state index in [0.29, 0.717) is 0 Å². The van der Waals surface area contributed by atoms with Crippen LogP contribution in [0.5, 0.6) is 11.5 Å². The Labute approximate surface area is 274 Å². The van der Waals surface area contributed by atoms with Crippen molar-refractivity contribution in [1.29, 1.82) is 0 Å². The molecule has 0 fully saturated rings. The number of para-hydroxylation sites is 2. The van der Waals surface area contributed by atoms with Gasteiger partial charge in [-0.25, -0.2) is 0 Å². The van der Waals surface area contributed by atoms with E-state index in [1.54, 1.807) is 0 Å². The topological polar surface area (TPSA) is 12.5 Å². The molecule has 2 nitrogen and oxygen atoms in total. The highest BCUT2D eigenvalue weighted by Crippen LogP contribution is 2.57. The van der Waals surface area contributed by atoms with Crippen molar-refractivity contribution in [3.8, 4) is 33.8 Å². The summed E-state index contributed by atoms with van der Waals surface area (Å²) in [6.07, 6.45) is 0. The van der Waals surface area contributed by atoms with Gasteiger partial charge in [-0.1, -0.05) is 123 Å². The van der Waals surface area contributed by atoms with E-state index in [2.05, 4.69) is 164 Å². The Morgan fingerprint density at radius 2 is 1.02 bits per heavy atom. The fourth-order valence-electron chi connectivity index (χ4n) is 8.12. The molecular formula is C45H31NO. The molecular weight excluding hydrogens is 571 g/mol. The Bertz CT molecular complexity index is 2540. The summed E-state index contributed by atoms with van der Waals surface area (Å²) in [4.78, 5) is 2.36. The highest BCUT2D eigenvalue weighted by Gasteiger charge is 2.38. The van der Waals surface area contributed by atoms with Crippen LogP contribution >= 0.6 is 0 Å². The first-order chi connectivity index (χ1) is 23.1. The summed E-state index contributed by atoms with van der Waals surface area (Å²) in [5.41, 5.74) is 10.8. The summed E-state index contributed by atoms with van der Waals surface area (Å²) >= 11 is 0. The maximum absolute atomic E-state index is 6.60. The molecule has 0 unspecified atom stereocenters. The van der Waals surface area contributed by atoms with Gasteiger partial charge in [-0.15, -0.1) is 0 Å². The van der Waals surface area contributed by atoms with E-state index >= 15 is 0 Å². The van der Waals surface area contributed by atoms with E-state index in [1.165, 1.54) is 65.7 Å². The second-order valence-corrected chi connectivity index (χ2v) is 13.3. The molecule has 0 saturated heterocycles. The van der Waals surface area contributed by atoms with E-state index in [-0.39, 0.29) is 5.41 Å². The van der Waals surface area contributed by atoms with E-state index in [1.807, 2.05) is 6.07 Å². The lowest BCUT2D eigenvalue weighted by Gasteiger charge is -2.34. The zero-order valence-corrected chi connectivity index (χ0v) is 26.3. The Hall–Kier alpha value is -5.86. The maximum atomic E-state index is 6.60. The van der Waals surface area contributed by atoms with Crippen molar-refractivity contribution < 1.29 is 4.74 Å². The molecule has 1 heterocycles. The first kappa shape index (κ1) is 26.4. The second-order valence-electron chi connectivity index (χ2n) is 13.3. The molecule has 10 rings (SSSR count). The molecule has 0 atom stereocenters. The summed E-state index contributed by atoms with van der Waals surface area (Å²) in [5, 5.41) is 7.76. The number of fused-ring (bicyclic) bond motifs is 11. The van der Waals surface area contributed by atoms with Crippen molar-refractivity contribution in [3.63, 3.8) is 0 Å². The van der Waals surface area contributed by atoms with Crippen LogP contribution in [-0.2, 0) is 5.41 Å². The monoisotopic (exact) mass is 601 g/mol. The molecule has 1 aliphatic carbocycles. The van der Waals surface area contributed by atoms with Gasteiger partial charge in [0.2, 0.25) is 0 Å². The van der Waals surface area contributed by atoms with Gasteiger partial charge >= 0.3 is 0 Å². The van der Waals surface area contributed by atoms with Gasteiger partial charge in [-0.3, -0.25) is 0 Å². The number of ether oxygens (including phenoxy) is 1. The lowest BCUT2D eigenvalue weighted by atomic mass is 9.82. The van der Waals surface area contributed by atoms with Crippen LogP contribution in [0.2, 0.25) is 0 Å². The summed E-state index contributed by atoms with van der Waals surface area (Å²) < 4.78 is 6.60. The Morgan fingerprint density at radius 3 is 1.77 bits per heavy atom. The molecule has 0 saturated carbocycles. The third-order valence-corrected chi connectivity index (χ3v) is 10.4. The smallest absolute Gasteiger partial charge is 0.152 e. The van der Waals surface area contributed by atoms with Crippen molar-refractivity contribution >= 4 is 49.4 Å². The lowest BCUT2D eigenvalue weighted by Crippen LogP contribution is -2.19. The Balaban J connectivity index is 1.11. The van der Waals surface area contributed by atoms with Crippen LogP contribution in [0.25, 0.3) is 54.6 Å². The molecule has 222 valence electrons. The van der Waals surface area contributed by atoms with Crippen LogP contribution in [0.3, 0.4) is 0 Å². The highest BCUT2D eigenvalue weighted by molar-refractivity contribution is 6.25. The van der Waals surface area contributed by atoms with Gasteiger partial charge in [0.25, 0.3) is 0 Å². The number of hydrogen-bond donors (Lipinski definition) is 0. The number of anilines is 3. The summed E-state index contributed by atoms with van der Waals surface area (Å²) in [6.45, 7) is 4.66. The maximum Gasteiger partial charge on any atom is 0.152 e. The van der Waals surface area contributed by atoms with Gasteiger partial charge in [0.1, 0.15) is 0 Å². The number of rotatable bonds is 2.